The summed E-state index contributed by atoms with van der Waals surface area (Å²) in [7, 11) is 2.14. The zero-order chi connectivity index (χ0) is 29.2. The number of aromatic nitrogens is 2. The first-order valence-electron chi connectivity index (χ1n) is 14.9. The van der Waals surface area contributed by atoms with Gasteiger partial charge in [-0.25, -0.2) is 6.57 Å². The maximum absolute atomic E-state index is 12.7. The summed E-state index contributed by atoms with van der Waals surface area (Å²) < 4.78 is 6.32. The van der Waals surface area contributed by atoms with E-state index in [1.807, 2.05) is 0 Å². The first-order chi connectivity index (χ1) is 20.5. The molecule has 42 heavy (non-hydrogen) atoms. The Morgan fingerprint density at radius 3 is 2.76 bits per heavy atom. The summed E-state index contributed by atoms with van der Waals surface area (Å²) >= 11 is 0. The number of ether oxygens (including phenoxy) is 1. The van der Waals surface area contributed by atoms with Crippen molar-refractivity contribution in [3.63, 3.8) is 0 Å². The van der Waals surface area contributed by atoms with Gasteiger partial charge in [0.15, 0.2) is 0 Å². The van der Waals surface area contributed by atoms with Crippen LogP contribution in [-0.4, -0.2) is 90.2 Å². The lowest BCUT2D eigenvalue weighted by Crippen LogP contribution is -2.60. The van der Waals surface area contributed by atoms with Gasteiger partial charge in [-0.2, -0.15) is 9.97 Å². The van der Waals surface area contributed by atoms with E-state index in [1.165, 1.54) is 29.0 Å². The number of piperazine rings is 1. The van der Waals surface area contributed by atoms with Gasteiger partial charge < -0.3 is 29.2 Å². The van der Waals surface area contributed by atoms with E-state index in [9.17, 15) is 4.79 Å². The molecule has 1 amide bonds. The van der Waals surface area contributed by atoms with Crippen molar-refractivity contribution >= 4 is 28.2 Å². The standard InChI is InChI=1S/C33H39N7O2/c1-5-31(41)40-19-23(2)39(20-26(40)18-34-3)32-28-15-17-38(30-14-8-11-24-10-6-7-13-27(24)30)21-29(28)35-33(36-32)42-22-25-12-9-16-37(25)4/h5-8,10-11,13-14,23,25-26H,1,9,12,15-22H2,2,4H3/t23-,25+,26+/m1/s1. The van der Waals surface area contributed by atoms with Crippen molar-refractivity contribution in [2.24, 2.45) is 0 Å². The summed E-state index contributed by atoms with van der Waals surface area (Å²) in [6.07, 6.45) is 4.43. The van der Waals surface area contributed by atoms with Crippen LogP contribution in [0.3, 0.4) is 0 Å². The van der Waals surface area contributed by atoms with Crippen LogP contribution in [0.15, 0.2) is 55.1 Å². The van der Waals surface area contributed by atoms with Crippen molar-refractivity contribution in [1.82, 2.24) is 19.8 Å². The van der Waals surface area contributed by atoms with Gasteiger partial charge in [-0.3, -0.25) is 4.79 Å². The highest BCUT2D eigenvalue weighted by molar-refractivity contribution is 5.94. The third kappa shape index (κ3) is 5.39. The van der Waals surface area contributed by atoms with Crippen LogP contribution in [-0.2, 0) is 17.8 Å². The quantitative estimate of drug-likeness (QED) is 0.315. The Hall–Kier alpha value is -4.16. The summed E-state index contributed by atoms with van der Waals surface area (Å²) in [5.74, 6) is 0.746. The number of amides is 1. The minimum Gasteiger partial charge on any atom is -0.462 e. The van der Waals surface area contributed by atoms with Gasteiger partial charge in [0, 0.05) is 48.4 Å². The lowest BCUT2D eigenvalue weighted by atomic mass is 10.00. The second-order valence-electron chi connectivity index (χ2n) is 11.7. The van der Waals surface area contributed by atoms with Gasteiger partial charge in [-0.1, -0.05) is 43.0 Å². The molecule has 3 atom stereocenters. The first-order valence-corrected chi connectivity index (χ1v) is 14.9. The van der Waals surface area contributed by atoms with E-state index < -0.39 is 0 Å². The molecule has 0 aliphatic carbocycles. The number of carbonyl (C=O) groups is 1. The third-order valence-electron chi connectivity index (χ3n) is 9.08. The van der Waals surface area contributed by atoms with Gasteiger partial charge in [0.05, 0.1) is 12.2 Å². The van der Waals surface area contributed by atoms with Crippen LogP contribution in [0, 0.1) is 6.57 Å². The second kappa shape index (κ2) is 12.0. The smallest absolute Gasteiger partial charge is 0.318 e. The fraction of sp³-hybridized carbons (Fsp3) is 0.455. The summed E-state index contributed by atoms with van der Waals surface area (Å²) in [4.78, 5) is 35.2. The van der Waals surface area contributed by atoms with Gasteiger partial charge in [-0.05, 0) is 57.3 Å². The van der Waals surface area contributed by atoms with E-state index in [4.69, 9.17) is 21.3 Å². The van der Waals surface area contributed by atoms with Crippen molar-refractivity contribution in [1.29, 1.82) is 0 Å². The number of likely N-dealkylation sites (tertiary alicyclic amines) is 1. The molecule has 1 aromatic heterocycles. The molecule has 0 saturated carbocycles. The van der Waals surface area contributed by atoms with Gasteiger partial charge in [0.25, 0.3) is 0 Å². The Labute approximate surface area is 248 Å². The molecule has 0 spiro atoms. The van der Waals surface area contributed by atoms with Crippen LogP contribution >= 0.6 is 0 Å². The van der Waals surface area contributed by atoms with Crippen LogP contribution in [0.1, 0.15) is 31.0 Å². The summed E-state index contributed by atoms with van der Waals surface area (Å²) in [5, 5.41) is 2.46. The van der Waals surface area contributed by atoms with Gasteiger partial charge in [-0.15, -0.1) is 0 Å². The fourth-order valence-corrected chi connectivity index (χ4v) is 6.72. The van der Waals surface area contributed by atoms with Gasteiger partial charge >= 0.3 is 6.01 Å². The number of likely N-dealkylation sites (N-methyl/N-ethyl adjacent to an activating group) is 1. The van der Waals surface area contributed by atoms with Crippen LogP contribution < -0.4 is 14.5 Å². The first kappa shape index (κ1) is 28.0. The molecule has 6 rings (SSSR count). The average Bonchev–Trinajstić information content (AvgIpc) is 3.43. The van der Waals surface area contributed by atoms with Crippen molar-refractivity contribution in [3.8, 4) is 6.01 Å². The van der Waals surface area contributed by atoms with E-state index in [-0.39, 0.29) is 24.5 Å². The molecular formula is C33H39N7O2. The minimum absolute atomic E-state index is 0.0137. The maximum atomic E-state index is 12.7. The molecule has 0 unspecified atom stereocenters. The highest BCUT2D eigenvalue weighted by atomic mass is 16.5. The van der Waals surface area contributed by atoms with Crippen molar-refractivity contribution in [2.75, 3.05) is 56.2 Å². The molecule has 9 nitrogen and oxygen atoms in total. The molecule has 0 N–H and O–H groups in total. The van der Waals surface area contributed by atoms with E-state index in [0.29, 0.717) is 38.3 Å². The largest absolute Gasteiger partial charge is 0.462 e. The second-order valence-corrected chi connectivity index (χ2v) is 11.7. The number of anilines is 2. The molecule has 2 saturated heterocycles. The third-order valence-corrected chi connectivity index (χ3v) is 9.08. The van der Waals surface area contributed by atoms with Crippen molar-refractivity contribution < 1.29 is 9.53 Å². The molecule has 2 fully saturated rings. The molecule has 0 radical (unpaired) electrons. The number of carbonyl (C=O) groups excluding carboxylic acids is 1. The molecular weight excluding hydrogens is 526 g/mol. The Kier molecular flexibility index (Phi) is 7.98. The zero-order valence-corrected chi connectivity index (χ0v) is 24.6. The molecule has 3 aliphatic rings. The number of nitrogens with zero attached hydrogens (tertiary/aromatic N) is 7. The van der Waals surface area contributed by atoms with E-state index in [1.54, 1.807) is 4.90 Å². The molecule has 9 heteroatoms. The van der Waals surface area contributed by atoms with Crippen LogP contribution in [0.2, 0.25) is 0 Å². The lowest BCUT2D eigenvalue weighted by molar-refractivity contribution is -0.128. The molecule has 0 bridgehead atoms. The number of hydrogen-bond donors (Lipinski definition) is 0. The lowest BCUT2D eigenvalue weighted by Gasteiger charge is -2.45. The fourth-order valence-electron chi connectivity index (χ4n) is 6.72. The highest BCUT2D eigenvalue weighted by Gasteiger charge is 2.38. The Balaban J connectivity index is 1.35. The van der Waals surface area contributed by atoms with E-state index in [2.05, 4.69) is 82.6 Å². The molecule has 218 valence electrons. The molecule has 3 aliphatic heterocycles. The zero-order valence-electron chi connectivity index (χ0n) is 24.6. The highest BCUT2D eigenvalue weighted by Crippen LogP contribution is 2.35. The van der Waals surface area contributed by atoms with Crippen LogP contribution in [0.4, 0.5) is 11.5 Å². The van der Waals surface area contributed by atoms with Crippen LogP contribution in [0.25, 0.3) is 15.6 Å². The summed E-state index contributed by atoms with van der Waals surface area (Å²) in [5.41, 5.74) is 3.32. The Bertz CT molecular complexity index is 1510. The predicted octanol–water partition coefficient (Wildman–Crippen LogP) is 4.18. The maximum Gasteiger partial charge on any atom is 0.318 e. The van der Waals surface area contributed by atoms with Crippen LogP contribution in [0.5, 0.6) is 6.01 Å². The topological polar surface area (TPSA) is 69.4 Å². The molecule has 4 heterocycles. The average molecular weight is 566 g/mol. The summed E-state index contributed by atoms with van der Waals surface area (Å²) in [6.45, 7) is 17.8. The van der Waals surface area contributed by atoms with E-state index in [0.717, 1.165) is 43.0 Å². The SMILES string of the molecule is [C-]#[N+]C[C@H]1CN(c2nc(OC[C@@H]3CCCN3C)nc3c2CCN(c2cccc4ccccc24)C3)[C@H](C)CN1C(=O)C=C. The normalized spacial score (nSPS) is 22.6. The minimum atomic E-state index is -0.234. The van der Waals surface area contributed by atoms with E-state index >= 15 is 0 Å². The monoisotopic (exact) mass is 565 g/mol. The predicted molar refractivity (Wildman–Crippen MR) is 166 cm³/mol. The number of rotatable bonds is 7. The van der Waals surface area contributed by atoms with Crippen molar-refractivity contribution in [3.05, 3.63) is 77.8 Å². The number of benzene rings is 2. The number of hydrogen-bond acceptors (Lipinski definition) is 7. The molecule has 3 aromatic rings. The van der Waals surface area contributed by atoms with Gasteiger partial charge in [0.1, 0.15) is 18.5 Å². The van der Waals surface area contributed by atoms with Gasteiger partial charge in [0.2, 0.25) is 12.5 Å². The molecule has 2 aromatic carbocycles. The summed E-state index contributed by atoms with van der Waals surface area (Å²) in [6, 6.07) is 15.5. The number of fused-ring (bicyclic) bond motifs is 2. The Morgan fingerprint density at radius 1 is 1.14 bits per heavy atom. The van der Waals surface area contributed by atoms with Crippen molar-refractivity contribution in [2.45, 2.75) is 50.9 Å². The Morgan fingerprint density at radius 2 is 1.98 bits per heavy atom.